The Morgan fingerprint density at radius 1 is 0.950 bits per heavy atom. The summed E-state index contributed by atoms with van der Waals surface area (Å²) in [5, 5.41) is 8.91. The summed E-state index contributed by atoms with van der Waals surface area (Å²) >= 11 is 0. The molecule has 0 bridgehead atoms. The van der Waals surface area contributed by atoms with Gasteiger partial charge in [-0.1, -0.05) is 18.2 Å². The van der Waals surface area contributed by atoms with E-state index in [1.165, 1.54) is 7.11 Å². The Morgan fingerprint density at radius 3 is 2.23 bits per heavy atom. The second-order valence-electron chi connectivity index (χ2n) is 9.84. The first kappa shape index (κ1) is 30.2. The molecule has 3 unspecified atom stereocenters. The van der Waals surface area contributed by atoms with E-state index in [-0.39, 0.29) is 24.4 Å². The highest BCUT2D eigenvalue weighted by atomic mass is 16.5. The third kappa shape index (κ3) is 8.60. The molecule has 1 heterocycles. The number of esters is 2. The van der Waals surface area contributed by atoms with Crippen LogP contribution in [0.4, 0.5) is 11.4 Å². The molecule has 0 amide bonds. The van der Waals surface area contributed by atoms with Crippen LogP contribution in [0.1, 0.15) is 42.5 Å². The molecule has 0 saturated heterocycles. The summed E-state index contributed by atoms with van der Waals surface area (Å²) < 4.78 is 10.6. The van der Waals surface area contributed by atoms with Crippen molar-refractivity contribution in [1.82, 2.24) is 4.90 Å². The van der Waals surface area contributed by atoms with E-state index in [9.17, 15) is 14.4 Å². The predicted molar refractivity (Wildman–Crippen MR) is 153 cm³/mol. The molecule has 0 radical (unpaired) electrons. The smallest absolute Gasteiger partial charge is 0.338 e. The van der Waals surface area contributed by atoms with Gasteiger partial charge < -0.3 is 36.7 Å². The molecule has 2 aromatic rings. The molecule has 2 aliphatic rings. The molecule has 10 heteroatoms. The van der Waals surface area contributed by atoms with Crippen molar-refractivity contribution in [3.63, 3.8) is 0 Å². The number of nitrogens with zero attached hydrogens (tertiary/aromatic N) is 1. The zero-order valence-corrected chi connectivity index (χ0v) is 22.7. The Bertz CT molecular complexity index is 1210. The number of carboxylic acids is 1. The van der Waals surface area contributed by atoms with Crippen molar-refractivity contribution in [1.29, 1.82) is 0 Å². The molecule has 40 heavy (non-hydrogen) atoms. The van der Waals surface area contributed by atoms with E-state index in [2.05, 4.69) is 0 Å². The normalized spacial score (nSPS) is 18.3. The van der Waals surface area contributed by atoms with Crippen LogP contribution in [0.15, 0.2) is 78.1 Å². The average Bonchev–Trinajstić information content (AvgIpc) is 3.37. The summed E-state index contributed by atoms with van der Waals surface area (Å²) in [6, 6.07) is 15.2. The molecule has 0 aromatic heterocycles. The largest absolute Gasteiger partial charge is 0.480 e. The molecule has 3 atom stereocenters. The number of aliphatic carboxylic acids is 1. The molecule has 1 aliphatic carbocycles. The average molecular weight is 551 g/mol. The summed E-state index contributed by atoms with van der Waals surface area (Å²) in [7, 11) is 1.36. The molecule has 4 rings (SSSR count). The van der Waals surface area contributed by atoms with Crippen LogP contribution >= 0.6 is 0 Å². The highest BCUT2D eigenvalue weighted by molar-refractivity contribution is 5.90. The van der Waals surface area contributed by atoms with Gasteiger partial charge in [-0.2, -0.15) is 0 Å². The first-order valence-corrected chi connectivity index (χ1v) is 13.3. The first-order chi connectivity index (χ1) is 19.2. The van der Waals surface area contributed by atoms with Crippen LogP contribution in [0.2, 0.25) is 0 Å². The maximum atomic E-state index is 12.4. The van der Waals surface area contributed by atoms with E-state index >= 15 is 0 Å². The standard InChI is InChI=1S/C24H31N3O6.C6H7N/c1-32-24(31)20-13-27(11-3-2-4-21(26)22(28)29)12-19-16(7-10-18(19)20)14-33-23(30)15-5-8-17(25)9-6-15;7-6-4-2-1-3-5-6/h5-6,8-9,12-13,16,18,21H,2-4,7,10-11,14,25-26H2,1H3,(H,28,29);1-5H,7H2. The van der Waals surface area contributed by atoms with Gasteiger partial charge >= 0.3 is 17.9 Å². The molecule has 2 aromatic carbocycles. The number of anilines is 2. The number of hydrogen-bond donors (Lipinski definition) is 4. The molecular formula is C30H38N4O6. The van der Waals surface area contributed by atoms with Crippen molar-refractivity contribution >= 4 is 29.3 Å². The number of methoxy groups -OCH3 is 1. The summed E-state index contributed by atoms with van der Waals surface area (Å²) in [4.78, 5) is 37.6. The van der Waals surface area contributed by atoms with Gasteiger partial charge in [-0.15, -0.1) is 0 Å². The number of fused-ring (bicyclic) bond motifs is 1. The first-order valence-electron chi connectivity index (χ1n) is 13.3. The second-order valence-corrected chi connectivity index (χ2v) is 9.84. The number of carbonyl (C=O) groups is 3. The van der Waals surface area contributed by atoms with Crippen LogP contribution in [0.5, 0.6) is 0 Å². The molecule has 1 aliphatic heterocycles. The van der Waals surface area contributed by atoms with Crippen LogP contribution < -0.4 is 17.2 Å². The molecule has 0 spiro atoms. The fraction of sp³-hybridized carbons (Fsp3) is 0.367. The Labute approximate surface area is 234 Å². The molecule has 7 N–H and O–H groups in total. The predicted octanol–water partition coefficient (Wildman–Crippen LogP) is 3.56. The van der Waals surface area contributed by atoms with Crippen molar-refractivity contribution in [2.24, 2.45) is 17.6 Å². The second kappa shape index (κ2) is 14.7. The SMILES string of the molecule is COC(=O)C1=CN(CCCCC(N)C(=O)O)C=C2C(COC(=O)c3ccc(N)cc3)CCC12.Nc1ccccc1. The number of unbranched alkanes of at least 4 members (excludes halogenated alkanes) is 1. The summed E-state index contributed by atoms with van der Waals surface area (Å²) in [6.07, 6.45) is 7.15. The number of para-hydroxylation sites is 1. The Kier molecular flexibility index (Phi) is 11.1. The fourth-order valence-electron chi connectivity index (χ4n) is 4.75. The van der Waals surface area contributed by atoms with Gasteiger partial charge in [-0.3, -0.25) is 4.79 Å². The summed E-state index contributed by atoms with van der Waals surface area (Å²) in [5.41, 5.74) is 20.1. The number of nitrogens with two attached hydrogens (primary N) is 3. The third-order valence-electron chi connectivity index (χ3n) is 6.95. The number of benzene rings is 2. The Morgan fingerprint density at radius 2 is 1.62 bits per heavy atom. The number of carboxylic acid groups (broad SMARTS) is 1. The lowest BCUT2D eigenvalue weighted by Gasteiger charge is -2.29. The lowest BCUT2D eigenvalue weighted by molar-refractivity contribution is -0.139. The number of hydrogen-bond acceptors (Lipinski definition) is 9. The fourth-order valence-corrected chi connectivity index (χ4v) is 4.75. The van der Waals surface area contributed by atoms with Crippen molar-refractivity contribution in [2.75, 3.05) is 31.7 Å². The van der Waals surface area contributed by atoms with Gasteiger partial charge in [0.2, 0.25) is 0 Å². The number of carbonyl (C=O) groups excluding carboxylic acids is 2. The van der Waals surface area contributed by atoms with E-state index in [1.807, 2.05) is 41.4 Å². The molecular weight excluding hydrogens is 512 g/mol. The van der Waals surface area contributed by atoms with Crippen molar-refractivity contribution in [2.45, 2.75) is 38.1 Å². The zero-order chi connectivity index (χ0) is 29.1. The van der Waals surface area contributed by atoms with Crippen molar-refractivity contribution in [3.8, 4) is 0 Å². The number of ether oxygens (including phenoxy) is 2. The highest BCUT2D eigenvalue weighted by Gasteiger charge is 2.39. The topological polar surface area (TPSA) is 171 Å². The van der Waals surface area contributed by atoms with Crippen molar-refractivity contribution in [3.05, 3.63) is 83.7 Å². The van der Waals surface area contributed by atoms with E-state index < -0.39 is 18.0 Å². The molecule has 214 valence electrons. The van der Waals surface area contributed by atoms with Gasteiger partial charge in [0.05, 0.1) is 24.9 Å². The number of rotatable bonds is 10. The van der Waals surface area contributed by atoms with Gasteiger partial charge in [0.25, 0.3) is 0 Å². The minimum atomic E-state index is -1.01. The Balaban J connectivity index is 0.000000547. The lowest BCUT2D eigenvalue weighted by atomic mass is 9.89. The molecule has 1 fully saturated rings. The van der Waals surface area contributed by atoms with Crippen molar-refractivity contribution < 1.29 is 29.0 Å². The number of nitrogen functional groups attached to an aromatic ring is 2. The van der Waals surface area contributed by atoms with Gasteiger partial charge in [-0.25, -0.2) is 9.59 Å². The van der Waals surface area contributed by atoms with Gasteiger partial charge in [0.1, 0.15) is 6.04 Å². The third-order valence-corrected chi connectivity index (χ3v) is 6.95. The van der Waals surface area contributed by atoms with Crippen LogP contribution in [0.25, 0.3) is 0 Å². The quantitative estimate of drug-likeness (QED) is 0.195. The zero-order valence-electron chi connectivity index (χ0n) is 22.7. The highest BCUT2D eigenvalue weighted by Crippen LogP contribution is 2.44. The van der Waals surface area contributed by atoms with Crippen LogP contribution in [0, 0.1) is 11.8 Å². The molecule has 1 saturated carbocycles. The molecule has 10 nitrogen and oxygen atoms in total. The van der Waals surface area contributed by atoms with E-state index in [4.69, 9.17) is 31.8 Å². The van der Waals surface area contributed by atoms with Gasteiger partial charge in [0.15, 0.2) is 0 Å². The summed E-state index contributed by atoms with van der Waals surface area (Å²) in [6.45, 7) is 0.836. The summed E-state index contributed by atoms with van der Waals surface area (Å²) in [5.74, 6) is -1.85. The Hall–Kier alpha value is -4.31. The van der Waals surface area contributed by atoms with Gasteiger partial charge in [0, 0.05) is 42.2 Å². The minimum absolute atomic E-state index is 0.00372. The van der Waals surface area contributed by atoms with Crippen LogP contribution in [-0.2, 0) is 19.1 Å². The van der Waals surface area contributed by atoms with E-state index in [0.717, 1.165) is 30.5 Å². The van der Waals surface area contributed by atoms with E-state index in [0.29, 0.717) is 36.2 Å². The van der Waals surface area contributed by atoms with E-state index in [1.54, 1.807) is 30.5 Å². The maximum Gasteiger partial charge on any atom is 0.338 e. The minimum Gasteiger partial charge on any atom is -0.480 e. The lowest BCUT2D eigenvalue weighted by Crippen LogP contribution is -2.30. The van der Waals surface area contributed by atoms with Gasteiger partial charge in [-0.05, 0) is 74.1 Å². The van der Waals surface area contributed by atoms with Crippen LogP contribution in [0.3, 0.4) is 0 Å². The monoisotopic (exact) mass is 550 g/mol. The maximum absolute atomic E-state index is 12.4. The van der Waals surface area contributed by atoms with Crippen LogP contribution in [-0.4, -0.2) is 54.2 Å².